The summed E-state index contributed by atoms with van der Waals surface area (Å²) in [4.78, 5) is 11.4. The third-order valence-electron chi connectivity index (χ3n) is 2.59. The zero-order valence-corrected chi connectivity index (χ0v) is 10.1. The van der Waals surface area contributed by atoms with E-state index >= 15 is 0 Å². The molecule has 0 aliphatic heterocycles. The van der Waals surface area contributed by atoms with Gasteiger partial charge in [-0.2, -0.15) is 0 Å². The van der Waals surface area contributed by atoms with E-state index in [2.05, 4.69) is 31.4 Å². The molecule has 0 heterocycles. The van der Waals surface area contributed by atoms with Gasteiger partial charge in [0.25, 0.3) is 0 Å². The highest BCUT2D eigenvalue weighted by molar-refractivity contribution is 5.81. The lowest BCUT2D eigenvalue weighted by Gasteiger charge is -2.25. The van der Waals surface area contributed by atoms with Crippen LogP contribution >= 0.6 is 0 Å². The lowest BCUT2D eigenvalue weighted by atomic mass is 9.90. The molecule has 0 aliphatic carbocycles. The van der Waals surface area contributed by atoms with Crippen molar-refractivity contribution in [3.05, 3.63) is 0 Å². The van der Waals surface area contributed by atoms with Gasteiger partial charge in [0.1, 0.15) is 0 Å². The molecule has 3 heteroatoms. The minimum Gasteiger partial charge on any atom is -0.355 e. The van der Waals surface area contributed by atoms with Crippen LogP contribution in [0.2, 0.25) is 0 Å². The normalized spacial score (nSPS) is 13.8. The fraction of sp³-hybridized carbons (Fsp3) is 0.909. The van der Waals surface area contributed by atoms with Crippen molar-refractivity contribution in [2.45, 2.75) is 47.1 Å². The molecule has 0 radical (unpaired) electrons. The molecule has 1 atom stereocenters. The molecular formula is C11H24N2O. The zero-order valence-electron chi connectivity index (χ0n) is 10.1. The van der Waals surface area contributed by atoms with Gasteiger partial charge in [-0.1, -0.05) is 20.8 Å². The summed E-state index contributed by atoms with van der Waals surface area (Å²) in [6.07, 6.45) is 1.11. The molecule has 0 fully saturated rings. The maximum Gasteiger partial charge on any atom is 0.236 e. The van der Waals surface area contributed by atoms with Crippen LogP contribution in [0.4, 0.5) is 0 Å². The summed E-state index contributed by atoms with van der Waals surface area (Å²) in [6.45, 7) is 12.0. The Bertz CT molecular complexity index is 178. The van der Waals surface area contributed by atoms with Crippen molar-refractivity contribution in [2.24, 2.45) is 5.41 Å². The molecule has 14 heavy (non-hydrogen) atoms. The second kappa shape index (κ2) is 6.02. The van der Waals surface area contributed by atoms with Crippen LogP contribution in [0.1, 0.15) is 41.0 Å². The predicted octanol–water partition coefficient (Wildman–Crippen LogP) is 1.54. The minimum absolute atomic E-state index is 0.0828. The Labute approximate surface area is 87.6 Å². The minimum atomic E-state index is -0.0965. The Morgan fingerprint density at radius 3 is 2.36 bits per heavy atom. The quantitative estimate of drug-likeness (QED) is 0.683. The maximum absolute atomic E-state index is 11.4. The molecule has 0 saturated heterocycles. The number of amides is 1. The molecule has 0 saturated carbocycles. The zero-order chi connectivity index (χ0) is 11.2. The van der Waals surface area contributed by atoms with Gasteiger partial charge in [0.2, 0.25) is 5.91 Å². The molecule has 3 nitrogen and oxygen atoms in total. The van der Waals surface area contributed by atoms with Gasteiger partial charge in [-0.15, -0.1) is 0 Å². The summed E-state index contributed by atoms with van der Waals surface area (Å²) in [6, 6.07) is -0.0965. The Morgan fingerprint density at radius 2 is 1.93 bits per heavy atom. The smallest absolute Gasteiger partial charge is 0.236 e. The van der Waals surface area contributed by atoms with Crippen molar-refractivity contribution in [1.29, 1.82) is 0 Å². The first-order chi connectivity index (χ1) is 6.43. The molecule has 0 aromatic heterocycles. The summed E-state index contributed by atoms with van der Waals surface area (Å²) in [5.74, 6) is 0.0828. The van der Waals surface area contributed by atoms with Gasteiger partial charge >= 0.3 is 0 Å². The first-order valence-electron chi connectivity index (χ1n) is 5.44. The molecule has 0 bridgehead atoms. The van der Waals surface area contributed by atoms with E-state index in [4.69, 9.17) is 0 Å². The van der Waals surface area contributed by atoms with Gasteiger partial charge in [-0.05, 0) is 25.7 Å². The summed E-state index contributed by atoms with van der Waals surface area (Å²) in [5.41, 5.74) is 0.265. The molecule has 0 rings (SSSR count). The van der Waals surface area contributed by atoms with E-state index in [1.165, 1.54) is 0 Å². The first-order valence-corrected chi connectivity index (χ1v) is 5.44. The van der Waals surface area contributed by atoms with E-state index in [0.717, 1.165) is 13.0 Å². The van der Waals surface area contributed by atoms with E-state index in [-0.39, 0.29) is 17.4 Å². The molecule has 2 N–H and O–H groups in total. The Kier molecular flexibility index (Phi) is 5.77. The Morgan fingerprint density at radius 1 is 1.36 bits per heavy atom. The van der Waals surface area contributed by atoms with Crippen LogP contribution in [-0.4, -0.2) is 25.0 Å². The van der Waals surface area contributed by atoms with Gasteiger partial charge in [0, 0.05) is 13.1 Å². The third-order valence-corrected chi connectivity index (χ3v) is 2.59. The lowest BCUT2D eigenvalue weighted by molar-refractivity contribution is -0.122. The van der Waals surface area contributed by atoms with Crippen molar-refractivity contribution in [2.75, 3.05) is 13.1 Å². The number of hydrogen-bond acceptors (Lipinski definition) is 2. The van der Waals surface area contributed by atoms with Crippen molar-refractivity contribution >= 4 is 5.91 Å². The molecular weight excluding hydrogens is 176 g/mol. The Balaban J connectivity index is 3.84. The van der Waals surface area contributed by atoms with Gasteiger partial charge in [-0.25, -0.2) is 0 Å². The van der Waals surface area contributed by atoms with Crippen LogP contribution in [0.5, 0.6) is 0 Å². The van der Waals surface area contributed by atoms with E-state index in [0.29, 0.717) is 6.54 Å². The number of likely N-dealkylation sites (N-methyl/N-ethyl adjacent to an activating group) is 1. The van der Waals surface area contributed by atoms with Gasteiger partial charge in [-0.3, -0.25) is 4.79 Å². The SMILES string of the molecule is CCNC(=O)C(C)NCC(C)(C)CC. The van der Waals surface area contributed by atoms with Crippen LogP contribution in [0, 0.1) is 5.41 Å². The van der Waals surface area contributed by atoms with Gasteiger partial charge < -0.3 is 10.6 Å². The standard InChI is InChI=1S/C11H24N2O/c1-6-11(4,5)8-13-9(3)10(14)12-7-2/h9,13H,6-8H2,1-5H3,(H,12,14). The monoisotopic (exact) mass is 200 g/mol. The largest absolute Gasteiger partial charge is 0.355 e. The number of hydrogen-bond donors (Lipinski definition) is 2. The van der Waals surface area contributed by atoms with Crippen LogP contribution in [0.15, 0.2) is 0 Å². The fourth-order valence-electron chi connectivity index (χ4n) is 0.974. The number of carbonyl (C=O) groups excluding carboxylic acids is 1. The highest BCUT2D eigenvalue weighted by Gasteiger charge is 2.18. The second-order valence-corrected chi connectivity index (χ2v) is 4.51. The lowest BCUT2D eigenvalue weighted by Crippen LogP contribution is -2.45. The summed E-state index contributed by atoms with van der Waals surface area (Å²) < 4.78 is 0. The third kappa shape index (κ3) is 5.22. The molecule has 1 amide bonds. The predicted molar refractivity (Wildman–Crippen MR) is 60.2 cm³/mol. The fourth-order valence-corrected chi connectivity index (χ4v) is 0.974. The van der Waals surface area contributed by atoms with Crippen molar-refractivity contribution < 1.29 is 4.79 Å². The van der Waals surface area contributed by atoms with Crippen molar-refractivity contribution in [1.82, 2.24) is 10.6 Å². The van der Waals surface area contributed by atoms with Crippen molar-refractivity contribution in [3.63, 3.8) is 0 Å². The van der Waals surface area contributed by atoms with Crippen LogP contribution in [0.3, 0.4) is 0 Å². The van der Waals surface area contributed by atoms with E-state index < -0.39 is 0 Å². The topological polar surface area (TPSA) is 41.1 Å². The van der Waals surface area contributed by atoms with Crippen LogP contribution < -0.4 is 10.6 Å². The number of nitrogens with one attached hydrogen (secondary N) is 2. The van der Waals surface area contributed by atoms with Crippen LogP contribution in [-0.2, 0) is 4.79 Å². The highest BCUT2D eigenvalue weighted by atomic mass is 16.2. The molecule has 0 aliphatic rings. The molecule has 0 aromatic carbocycles. The summed E-state index contributed by atoms with van der Waals surface area (Å²) in [5, 5.41) is 6.04. The maximum atomic E-state index is 11.4. The van der Waals surface area contributed by atoms with E-state index in [9.17, 15) is 4.79 Å². The van der Waals surface area contributed by atoms with Crippen molar-refractivity contribution in [3.8, 4) is 0 Å². The summed E-state index contributed by atoms with van der Waals surface area (Å²) >= 11 is 0. The first kappa shape index (κ1) is 13.4. The average Bonchev–Trinajstić information content (AvgIpc) is 2.15. The highest BCUT2D eigenvalue weighted by Crippen LogP contribution is 2.17. The van der Waals surface area contributed by atoms with Gasteiger partial charge in [0.05, 0.1) is 6.04 Å². The molecule has 0 aromatic rings. The van der Waals surface area contributed by atoms with E-state index in [1.54, 1.807) is 0 Å². The number of rotatable bonds is 6. The number of carbonyl (C=O) groups is 1. The average molecular weight is 200 g/mol. The van der Waals surface area contributed by atoms with Gasteiger partial charge in [0.15, 0.2) is 0 Å². The molecule has 1 unspecified atom stereocenters. The van der Waals surface area contributed by atoms with Crippen LogP contribution in [0.25, 0.3) is 0 Å². The second-order valence-electron chi connectivity index (χ2n) is 4.51. The Hall–Kier alpha value is -0.570. The van der Waals surface area contributed by atoms with E-state index in [1.807, 2.05) is 13.8 Å². The molecule has 0 spiro atoms. The molecule has 84 valence electrons. The summed E-state index contributed by atoms with van der Waals surface area (Å²) in [7, 11) is 0.